The van der Waals surface area contributed by atoms with Crippen LogP contribution in [0.15, 0.2) is 47.5 Å². The van der Waals surface area contributed by atoms with E-state index in [-0.39, 0.29) is 5.91 Å². The molecular weight excluding hydrogens is 316 g/mol. The summed E-state index contributed by atoms with van der Waals surface area (Å²) >= 11 is 1.64. The zero-order valence-corrected chi connectivity index (χ0v) is 15.2. The first-order chi connectivity index (χ1) is 11.5. The van der Waals surface area contributed by atoms with Crippen LogP contribution in [0.5, 0.6) is 0 Å². The van der Waals surface area contributed by atoms with Crippen LogP contribution in [0.25, 0.3) is 0 Å². The highest BCUT2D eigenvalue weighted by atomic mass is 32.2. The lowest BCUT2D eigenvalue weighted by molar-refractivity contribution is 0.0860. The molecule has 2 aromatic rings. The summed E-state index contributed by atoms with van der Waals surface area (Å²) < 4.78 is 0. The first-order valence-electron chi connectivity index (χ1n) is 8.16. The zero-order chi connectivity index (χ0) is 17.1. The average molecular weight is 338 g/mol. The fourth-order valence-corrected chi connectivity index (χ4v) is 3.93. The Morgan fingerprint density at radius 1 is 1.08 bits per heavy atom. The zero-order valence-electron chi connectivity index (χ0n) is 14.4. The Morgan fingerprint density at radius 3 is 2.54 bits per heavy atom. The largest absolute Gasteiger partial charge is 0.286 e. The van der Waals surface area contributed by atoms with Crippen LogP contribution in [0, 0.1) is 20.8 Å². The molecule has 0 saturated heterocycles. The Labute approximate surface area is 147 Å². The van der Waals surface area contributed by atoms with Crippen molar-refractivity contribution in [3.05, 3.63) is 70.3 Å². The molecule has 0 bridgehead atoms. The highest BCUT2D eigenvalue weighted by Gasteiger charge is 2.25. The third-order valence-electron chi connectivity index (χ3n) is 3.97. The van der Waals surface area contributed by atoms with E-state index in [2.05, 4.69) is 42.2 Å². The van der Waals surface area contributed by atoms with Gasteiger partial charge in [0.15, 0.2) is 5.17 Å². The van der Waals surface area contributed by atoms with Crippen LogP contribution in [-0.2, 0) is 5.75 Å². The Hall–Kier alpha value is -2.07. The van der Waals surface area contributed by atoms with Crippen LogP contribution in [0.2, 0.25) is 0 Å². The Balaban J connectivity index is 1.71. The molecule has 0 saturated carbocycles. The number of aliphatic imine (C=N–C) groups is 1. The summed E-state index contributed by atoms with van der Waals surface area (Å²) in [5.41, 5.74) is 5.49. The van der Waals surface area contributed by atoms with Crippen molar-refractivity contribution in [2.24, 2.45) is 4.99 Å². The van der Waals surface area contributed by atoms with Crippen molar-refractivity contribution in [2.75, 3.05) is 13.1 Å². The lowest BCUT2D eigenvalue weighted by atomic mass is 10.1. The normalized spacial score (nSPS) is 14.0. The molecule has 0 aromatic heterocycles. The van der Waals surface area contributed by atoms with E-state index >= 15 is 0 Å². The molecule has 4 heteroatoms. The number of hydrogen-bond acceptors (Lipinski definition) is 3. The summed E-state index contributed by atoms with van der Waals surface area (Å²) in [5.74, 6) is 0.881. The number of amidine groups is 1. The third kappa shape index (κ3) is 3.88. The van der Waals surface area contributed by atoms with Crippen LogP contribution in [0.4, 0.5) is 0 Å². The predicted octanol–water partition coefficient (Wildman–Crippen LogP) is 4.36. The molecule has 3 nitrogen and oxygen atoms in total. The number of thioether (sulfide) groups is 1. The lowest BCUT2D eigenvalue weighted by Crippen LogP contribution is -2.33. The second-order valence-electron chi connectivity index (χ2n) is 6.28. The molecule has 124 valence electrons. The minimum absolute atomic E-state index is 0.0507. The molecule has 0 fully saturated rings. The fraction of sp³-hybridized carbons (Fsp3) is 0.300. The minimum atomic E-state index is 0.0507. The molecule has 1 aliphatic rings. The van der Waals surface area contributed by atoms with Crippen molar-refractivity contribution < 1.29 is 4.79 Å². The first kappa shape index (κ1) is 16.8. The summed E-state index contributed by atoms with van der Waals surface area (Å²) in [5, 5.41) is 0.834. The fourth-order valence-electron chi connectivity index (χ4n) is 2.94. The van der Waals surface area contributed by atoms with E-state index < -0.39 is 0 Å². The molecule has 0 spiro atoms. The SMILES string of the molecule is Cc1cccc(CSC2=NCCN2C(=O)c2cc(C)cc(C)c2)c1. The van der Waals surface area contributed by atoms with Gasteiger partial charge in [0.1, 0.15) is 0 Å². The van der Waals surface area contributed by atoms with E-state index in [1.807, 2.05) is 30.9 Å². The van der Waals surface area contributed by atoms with Crippen molar-refractivity contribution in [2.45, 2.75) is 26.5 Å². The average Bonchev–Trinajstić information content (AvgIpc) is 3.00. The van der Waals surface area contributed by atoms with Gasteiger partial charge in [0, 0.05) is 17.9 Å². The van der Waals surface area contributed by atoms with Crippen molar-refractivity contribution >= 4 is 22.8 Å². The van der Waals surface area contributed by atoms with E-state index in [9.17, 15) is 4.79 Å². The topological polar surface area (TPSA) is 32.7 Å². The van der Waals surface area contributed by atoms with E-state index in [0.717, 1.165) is 27.6 Å². The molecule has 1 heterocycles. The van der Waals surface area contributed by atoms with Crippen molar-refractivity contribution in [1.82, 2.24) is 4.90 Å². The molecular formula is C20H22N2OS. The van der Waals surface area contributed by atoms with Gasteiger partial charge >= 0.3 is 0 Å². The number of carbonyl (C=O) groups excluding carboxylic acids is 1. The van der Waals surface area contributed by atoms with Crippen molar-refractivity contribution in [3.63, 3.8) is 0 Å². The number of nitrogens with zero attached hydrogens (tertiary/aromatic N) is 2. The molecule has 24 heavy (non-hydrogen) atoms. The maximum atomic E-state index is 12.9. The quantitative estimate of drug-likeness (QED) is 0.833. The first-order valence-corrected chi connectivity index (χ1v) is 9.14. The van der Waals surface area contributed by atoms with Gasteiger partial charge in [-0.3, -0.25) is 14.7 Å². The van der Waals surface area contributed by atoms with Gasteiger partial charge in [0.25, 0.3) is 5.91 Å². The van der Waals surface area contributed by atoms with Gasteiger partial charge in [0.2, 0.25) is 0 Å². The van der Waals surface area contributed by atoms with Crippen LogP contribution >= 0.6 is 11.8 Å². The van der Waals surface area contributed by atoms with Crippen molar-refractivity contribution in [1.29, 1.82) is 0 Å². The summed E-state index contributed by atoms with van der Waals surface area (Å²) in [4.78, 5) is 19.2. The maximum Gasteiger partial charge on any atom is 0.259 e. The predicted molar refractivity (Wildman–Crippen MR) is 102 cm³/mol. The molecule has 1 aliphatic heterocycles. The number of rotatable bonds is 3. The van der Waals surface area contributed by atoms with Gasteiger partial charge in [-0.25, -0.2) is 0 Å². The van der Waals surface area contributed by atoms with Crippen LogP contribution in [0.3, 0.4) is 0 Å². The van der Waals surface area contributed by atoms with E-state index in [1.54, 1.807) is 11.8 Å². The molecule has 0 atom stereocenters. The second kappa shape index (κ2) is 7.22. The molecule has 0 unspecified atom stereocenters. The summed E-state index contributed by atoms with van der Waals surface area (Å²) in [7, 11) is 0. The minimum Gasteiger partial charge on any atom is -0.286 e. The Morgan fingerprint density at radius 2 is 1.83 bits per heavy atom. The third-order valence-corrected chi connectivity index (χ3v) is 5.05. The molecule has 0 radical (unpaired) electrons. The molecule has 1 amide bonds. The van der Waals surface area contributed by atoms with Gasteiger partial charge in [-0.2, -0.15) is 0 Å². The van der Waals surface area contributed by atoms with E-state index in [1.165, 1.54) is 11.1 Å². The second-order valence-corrected chi connectivity index (χ2v) is 7.22. The monoisotopic (exact) mass is 338 g/mol. The van der Waals surface area contributed by atoms with Gasteiger partial charge < -0.3 is 0 Å². The van der Waals surface area contributed by atoms with Gasteiger partial charge in [-0.15, -0.1) is 0 Å². The summed E-state index contributed by atoms with van der Waals surface area (Å²) in [6.07, 6.45) is 0. The summed E-state index contributed by atoms with van der Waals surface area (Å²) in [6, 6.07) is 14.5. The van der Waals surface area contributed by atoms with Gasteiger partial charge in [0.05, 0.1) is 6.54 Å². The number of amides is 1. The highest BCUT2D eigenvalue weighted by Crippen LogP contribution is 2.22. The number of carbonyl (C=O) groups is 1. The Bertz CT molecular complexity index is 778. The van der Waals surface area contributed by atoms with E-state index in [0.29, 0.717) is 13.1 Å². The molecule has 0 N–H and O–H groups in total. The maximum absolute atomic E-state index is 12.9. The lowest BCUT2D eigenvalue weighted by Gasteiger charge is -2.18. The smallest absolute Gasteiger partial charge is 0.259 e. The molecule has 3 rings (SSSR count). The van der Waals surface area contributed by atoms with E-state index in [4.69, 9.17) is 0 Å². The van der Waals surface area contributed by atoms with Gasteiger partial charge in [-0.1, -0.05) is 58.8 Å². The molecule has 2 aromatic carbocycles. The Kier molecular flexibility index (Phi) is 5.05. The standard InChI is InChI=1S/C20H22N2OS/c1-14-5-4-6-17(10-14)13-24-20-21-7-8-22(20)19(23)18-11-15(2)9-16(3)12-18/h4-6,9-12H,7-8,13H2,1-3H3. The molecule has 0 aliphatic carbocycles. The van der Waals surface area contributed by atoms with Crippen LogP contribution < -0.4 is 0 Å². The number of aryl methyl sites for hydroxylation is 3. The highest BCUT2D eigenvalue weighted by molar-refractivity contribution is 8.13. The van der Waals surface area contributed by atoms with Crippen molar-refractivity contribution in [3.8, 4) is 0 Å². The number of hydrogen-bond donors (Lipinski definition) is 0. The number of benzene rings is 2. The van der Waals surface area contributed by atoms with Crippen LogP contribution in [-0.4, -0.2) is 29.1 Å². The summed E-state index contributed by atoms with van der Waals surface area (Å²) in [6.45, 7) is 7.50. The van der Waals surface area contributed by atoms with Gasteiger partial charge in [-0.05, 0) is 38.5 Å². The van der Waals surface area contributed by atoms with Crippen LogP contribution in [0.1, 0.15) is 32.6 Å².